The highest BCUT2D eigenvalue weighted by Crippen LogP contribution is 2.38. The highest BCUT2D eigenvalue weighted by Gasteiger charge is 2.22. The van der Waals surface area contributed by atoms with Crippen molar-refractivity contribution in [2.45, 2.75) is 71.8 Å². The Morgan fingerprint density at radius 1 is 0.800 bits per heavy atom. The van der Waals surface area contributed by atoms with Gasteiger partial charge in [-0.2, -0.15) is 0 Å². The molecule has 182 valence electrons. The Morgan fingerprint density at radius 3 is 2.06 bits per heavy atom. The van der Waals surface area contributed by atoms with Crippen LogP contribution in [0.3, 0.4) is 0 Å². The summed E-state index contributed by atoms with van der Waals surface area (Å²) in [5, 5.41) is 7.27. The number of thiazole rings is 1. The van der Waals surface area contributed by atoms with Gasteiger partial charge in [0.2, 0.25) is 0 Å². The molecule has 0 spiro atoms. The number of unbranched alkanes of at least 4 members (excludes halogenated alkanes) is 1. The number of hydrogen-bond donors (Lipinski definition) is 1. The number of benzene rings is 3. The van der Waals surface area contributed by atoms with Gasteiger partial charge < -0.3 is 5.32 Å². The molecule has 0 bridgehead atoms. The van der Waals surface area contributed by atoms with Crippen molar-refractivity contribution in [1.82, 2.24) is 4.98 Å². The average Bonchev–Trinajstić information content (AvgIpc) is 3.36. The topological polar surface area (TPSA) is 24.9 Å². The van der Waals surface area contributed by atoms with Crippen molar-refractivity contribution in [2.24, 2.45) is 0 Å². The molecule has 0 radical (unpaired) electrons. The summed E-state index contributed by atoms with van der Waals surface area (Å²) in [5.74, 6) is 0.868. The Morgan fingerprint density at radius 2 is 1.46 bits per heavy atom. The third kappa shape index (κ3) is 6.02. The molecule has 2 nitrogen and oxygen atoms in total. The first-order chi connectivity index (χ1) is 17.0. The van der Waals surface area contributed by atoms with E-state index in [-0.39, 0.29) is 6.04 Å². The molecule has 35 heavy (non-hydrogen) atoms. The van der Waals surface area contributed by atoms with Gasteiger partial charge in [-0.15, -0.1) is 11.3 Å². The van der Waals surface area contributed by atoms with Crippen molar-refractivity contribution in [3.8, 4) is 10.6 Å². The normalized spacial score (nSPS) is 12.3. The third-order valence-corrected chi connectivity index (χ3v) is 7.54. The molecule has 1 aromatic heterocycles. The van der Waals surface area contributed by atoms with Gasteiger partial charge in [0.15, 0.2) is 0 Å². The van der Waals surface area contributed by atoms with Crippen LogP contribution in [-0.4, -0.2) is 4.98 Å². The van der Waals surface area contributed by atoms with Crippen LogP contribution in [0.15, 0.2) is 78.2 Å². The van der Waals surface area contributed by atoms with E-state index in [0.29, 0.717) is 11.8 Å². The summed E-state index contributed by atoms with van der Waals surface area (Å²) < 4.78 is 0. The first kappa shape index (κ1) is 25.2. The molecule has 1 heterocycles. The van der Waals surface area contributed by atoms with Gasteiger partial charge in [0.25, 0.3) is 0 Å². The van der Waals surface area contributed by atoms with Crippen molar-refractivity contribution in [2.75, 3.05) is 5.32 Å². The molecular weight excluding hydrogens is 444 g/mol. The molecule has 1 atom stereocenters. The molecule has 3 aromatic carbocycles. The Balaban J connectivity index is 1.77. The Bertz CT molecular complexity index is 1180. The minimum atomic E-state index is -0.0127. The van der Waals surface area contributed by atoms with Crippen molar-refractivity contribution in [3.05, 3.63) is 106 Å². The molecule has 0 saturated carbocycles. The fourth-order valence-electron chi connectivity index (χ4n) is 4.58. The second-order valence-electron chi connectivity index (χ2n) is 9.99. The lowest BCUT2D eigenvalue weighted by molar-refractivity contribution is 0.793. The first-order valence-electron chi connectivity index (χ1n) is 13.0. The summed E-state index contributed by atoms with van der Waals surface area (Å²) in [6, 6.07) is 26.4. The number of aryl methyl sites for hydroxylation is 1. The van der Waals surface area contributed by atoms with Crippen LogP contribution in [0.25, 0.3) is 10.6 Å². The van der Waals surface area contributed by atoms with Gasteiger partial charge in [-0.25, -0.2) is 4.98 Å². The van der Waals surface area contributed by atoms with Gasteiger partial charge in [0.1, 0.15) is 5.01 Å². The van der Waals surface area contributed by atoms with E-state index < -0.39 is 0 Å². The maximum Gasteiger partial charge on any atom is 0.123 e. The number of hydrogen-bond acceptors (Lipinski definition) is 3. The largest absolute Gasteiger partial charge is 0.372 e. The van der Waals surface area contributed by atoms with Gasteiger partial charge in [0, 0.05) is 16.6 Å². The van der Waals surface area contributed by atoms with Gasteiger partial charge >= 0.3 is 0 Å². The quantitative estimate of drug-likeness (QED) is 0.243. The van der Waals surface area contributed by atoms with E-state index in [1.165, 1.54) is 46.3 Å². The standard InChI is InChI=1S/C32H38N2S/c1-6-7-12-24-17-19-25(20-18-24)30(29-21-35-32(33-29)26-13-9-8-10-14-26)34-31-27(22(2)3)15-11-16-28(31)23(4)5/h8-11,13-23,30,34H,6-7,12H2,1-5H3. The van der Waals surface area contributed by atoms with Crippen LogP contribution in [0, 0.1) is 0 Å². The molecule has 1 unspecified atom stereocenters. The van der Waals surface area contributed by atoms with Crippen LogP contribution in [0.5, 0.6) is 0 Å². The van der Waals surface area contributed by atoms with Crippen molar-refractivity contribution in [1.29, 1.82) is 0 Å². The zero-order valence-electron chi connectivity index (χ0n) is 21.7. The van der Waals surface area contributed by atoms with Crippen LogP contribution in [0.4, 0.5) is 5.69 Å². The number of aromatic nitrogens is 1. The number of rotatable bonds is 10. The Hall–Kier alpha value is -2.91. The van der Waals surface area contributed by atoms with E-state index in [0.717, 1.165) is 17.1 Å². The minimum absolute atomic E-state index is 0.0127. The monoisotopic (exact) mass is 482 g/mol. The molecule has 0 aliphatic heterocycles. The Labute approximate surface area is 215 Å². The number of nitrogens with zero attached hydrogens (tertiary/aromatic N) is 1. The average molecular weight is 483 g/mol. The predicted octanol–water partition coefficient (Wildman–Crippen LogP) is 9.60. The molecule has 4 rings (SSSR count). The number of nitrogens with one attached hydrogen (secondary N) is 1. The van der Waals surface area contributed by atoms with Crippen LogP contribution in [0.1, 0.15) is 93.3 Å². The fourth-order valence-corrected chi connectivity index (χ4v) is 5.43. The van der Waals surface area contributed by atoms with Crippen LogP contribution < -0.4 is 5.32 Å². The zero-order valence-corrected chi connectivity index (χ0v) is 22.5. The molecule has 0 amide bonds. The first-order valence-corrected chi connectivity index (χ1v) is 13.8. The lowest BCUT2D eigenvalue weighted by Crippen LogP contribution is -2.16. The van der Waals surface area contributed by atoms with E-state index in [1.54, 1.807) is 11.3 Å². The SMILES string of the molecule is CCCCc1ccc(C(Nc2c(C(C)C)cccc2C(C)C)c2csc(-c3ccccc3)n2)cc1. The second-order valence-corrected chi connectivity index (χ2v) is 10.8. The van der Waals surface area contributed by atoms with E-state index in [2.05, 4.69) is 118 Å². The maximum absolute atomic E-state index is 5.13. The van der Waals surface area contributed by atoms with Crippen molar-refractivity contribution in [3.63, 3.8) is 0 Å². The summed E-state index contributed by atoms with van der Waals surface area (Å²) in [6.45, 7) is 11.4. The minimum Gasteiger partial charge on any atom is -0.372 e. The van der Waals surface area contributed by atoms with Gasteiger partial charge in [-0.1, -0.05) is 114 Å². The van der Waals surface area contributed by atoms with Crippen molar-refractivity contribution < 1.29 is 0 Å². The molecule has 0 fully saturated rings. The van der Waals surface area contributed by atoms with Gasteiger partial charge in [-0.3, -0.25) is 0 Å². The summed E-state index contributed by atoms with van der Waals surface area (Å²) in [5.41, 5.74) is 8.88. The molecule has 3 heteroatoms. The molecule has 0 saturated heterocycles. The van der Waals surface area contributed by atoms with Crippen molar-refractivity contribution >= 4 is 17.0 Å². The molecule has 0 aliphatic rings. The van der Waals surface area contributed by atoms with E-state index >= 15 is 0 Å². The second kappa shape index (κ2) is 11.7. The summed E-state index contributed by atoms with van der Waals surface area (Å²) in [7, 11) is 0. The van der Waals surface area contributed by atoms with Crippen LogP contribution >= 0.6 is 11.3 Å². The smallest absolute Gasteiger partial charge is 0.123 e. The molecule has 4 aromatic rings. The number of anilines is 1. The maximum atomic E-state index is 5.13. The van der Waals surface area contributed by atoms with Gasteiger partial charge in [0.05, 0.1) is 11.7 Å². The Kier molecular flexibility index (Phi) is 8.41. The molecular formula is C32H38N2S. The zero-order chi connectivity index (χ0) is 24.8. The fraction of sp³-hybridized carbons (Fsp3) is 0.344. The number of para-hydroxylation sites is 1. The lowest BCUT2D eigenvalue weighted by Gasteiger charge is -2.26. The van der Waals surface area contributed by atoms with Gasteiger partial charge in [-0.05, 0) is 46.9 Å². The molecule has 1 N–H and O–H groups in total. The highest BCUT2D eigenvalue weighted by molar-refractivity contribution is 7.13. The summed E-state index contributed by atoms with van der Waals surface area (Å²) >= 11 is 1.72. The van der Waals surface area contributed by atoms with E-state index in [9.17, 15) is 0 Å². The van der Waals surface area contributed by atoms with E-state index in [4.69, 9.17) is 4.98 Å². The van der Waals surface area contributed by atoms with Crippen LogP contribution in [0.2, 0.25) is 0 Å². The summed E-state index contributed by atoms with van der Waals surface area (Å²) in [4.78, 5) is 5.13. The highest BCUT2D eigenvalue weighted by atomic mass is 32.1. The van der Waals surface area contributed by atoms with Crippen LogP contribution in [-0.2, 0) is 6.42 Å². The predicted molar refractivity (Wildman–Crippen MR) is 153 cm³/mol. The molecule has 0 aliphatic carbocycles. The third-order valence-electron chi connectivity index (χ3n) is 6.63. The summed E-state index contributed by atoms with van der Waals surface area (Å²) in [6.07, 6.45) is 3.58. The van der Waals surface area contributed by atoms with E-state index in [1.807, 2.05) is 0 Å². The lowest BCUT2D eigenvalue weighted by atomic mass is 9.91.